The van der Waals surface area contributed by atoms with Gasteiger partial charge in [0.25, 0.3) is 0 Å². The second kappa shape index (κ2) is 8.14. The van der Waals surface area contributed by atoms with E-state index in [0.29, 0.717) is 25.7 Å². The molecule has 2 N–H and O–H groups in total. The molecule has 0 aromatic heterocycles. The number of alkyl halides is 3. The highest BCUT2D eigenvalue weighted by Gasteiger charge is 2.38. The van der Waals surface area contributed by atoms with Gasteiger partial charge in [0.05, 0.1) is 10.5 Å². The summed E-state index contributed by atoms with van der Waals surface area (Å²) in [5, 5.41) is 8.94. The van der Waals surface area contributed by atoms with Crippen molar-refractivity contribution in [3.05, 3.63) is 63.1 Å². The molecule has 152 valence electrons. The number of aryl methyl sites for hydroxylation is 1. The summed E-state index contributed by atoms with van der Waals surface area (Å²) in [5.74, 6) is 0. The maximum Gasteiger partial charge on any atom is 0.417 e. The molecule has 0 spiro atoms. The van der Waals surface area contributed by atoms with E-state index in [-0.39, 0.29) is 11.1 Å². The van der Waals surface area contributed by atoms with Gasteiger partial charge in [-0.2, -0.15) is 13.2 Å². The molecule has 0 saturated carbocycles. The van der Waals surface area contributed by atoms with E-state index >= 15 is 0 Å². The van der Waals surface area contributed by atoms with Gasteiger partial charge in [-0.25, -0.2) is 13.1 Å². The smallest absolute Gasteiger partial charge is 0.396 e. The average Bonchev–Trinajstić information content (AvgIpc) is 2.99. The maximum atomic E-state index is 13.3. The summed E-state index contributed by atoms with van der Waals surface area (Å²) in [5.41, 5.74) is 1.81. The van der Waals surface area contributed by atoms with E-state index in [1.54, 1.807) is 0 Å². The highest BCUT2D eigenvalue weighted by atomic mass is 79.9. The number of hydrogen-bond acceptors (Lipinski definition) is 3. The summed E-state index contributed by atoms with van der Waals surface area (Å²) in [6, 6.07) is 8.33. The van der Waals surface area contributed by atoms with E-state index in [0.717, 1.165) is 28.8 Å². The number of hydrogen-bond donors (Lipinski definition) is 2. The first-order valence-electron chi connectivity index (χ1n) is 8.71. The van der Waals surface area contributed by atoms with Crippen molar-refractivity contribution in [2.75, 3.05) is 6.61 Å². The van der Waals surface area contributed by atoms with Crippen molar-refractivity contribution in [3.8, 4) is 0 Å². The Morgan fingerprint density at radius 1 is 1.11 bits per heavy atom. The van der Waals surface area contributed by atoms with Crippen LogP contribution in [0.5, 0.6) is 0 Å². The number of halogens is 4. The molecule has 3 rings (SSSR count). The monoisotopic (exact) mass is 477 g/mol. The topological polar surface area (TPSA) is 66.4 Å². The Balaban J connectivity index is 1.81. The van der Waals surface area contributed by atoms with Crippen LogP contribution in [0.4, 0.5) is 13.2 Å². The van der Waals surface area contributed by atoms with E-state index in [2.05, 4.69) is 20.7 Å². The summed E-state index contributed by atoms with van der Waals surface area (Å²) >= 11 is 2.96. The maximum absolute atomic E-state index is 13.3. The van der Waals surface area contributed by atoms with E-state index < -0.39 is 32.7 Å². The Hall–Kier alpha value is -1.42. The molecule has 28 heavy (non-hydrogen) atoms. The first-order valence-corrected chi connectivity index (χ1v) is 11.0. The van der Waals surface area contributed by atoms with Crippen LogP contribution in [0.2, 0.25) is 0 Å². The van der Waals surface area contributed by atoms with Gasteiger partial charge in [-0.3, -0.25) is 0 Å². The predicted molar refractivity (Wildman–Crippen MR) is 103 cm³/mol. The molecule has 0 fully saturated rings. The van der Waals surface area contributed by atoms with Crippen LogP contribution in [-0.4, -0.2) is 26.2 Å². The first-order chi connectivity index (χ1) is 13.1. The molecule has 0 amide bonds. The van der Waals surface area contributed by atoms with Gasteiger partial charge >= 0.3 is 6.18 Å². The van der Waals surface area contributed by atoms with Crippen LogP contribution < -0.4 is 4.72 Å². The zero-order valence-electron chi connectivity index (χ0n) is 14.8. The van der Waals surface area contributed by atoms with Crippen LogP contribution in [0.25, 0.3) is 0 Å². The van der Waals surface area contributed by atoms with Gasteiger partial charge in [-0.1, -0.05) is 34.1 Å². The van der Waals surface area contributed by atoms with Gasteiger partial charge in [0.1, 0.15) is 0 Å². The van der Waals surface area contributed by atoms with Crippen molar-refractivity contribution in [1.29, 1.82) is 0 Å². The molecule has 1 atom stereocenters. The average molecular weight is 478 g/mol. The highest BCUT2D eigenvalue weighted by molar-refractivity contribution is 9.10. The zero-order valence-corrected chi connectivity index (χ0v) is 17.2. The molecule has 2 aromatic rings. The Bertz CT molecular complexity index is 977. The van der Waals surface area contributed by atoms with Crippen LogP contribution in [0.3, 0.4) is 0 Å². The van der Waals surface area contributed by atoms with Gasteiger partial charge < -0.3 is 5.11 Å². The number of sulfonamides is 1. The van der Waals surface area contributed by atoms with Gasteiger partial charge in [0, 0.05) is 17.1 Å². The molecule has 9 heteroatoms. The summed E-state index contributed by atoms with van der Waals surface area (Å²) in [6.45, 7) is 0.0915. The third kappa shape index (κ3) is 4.76. The van der Waals surface area contributed by atoms with Crippen molar-refractivity contribution >= 4 is 26.0 Å². The van der Waals surface area contributed by atoms with Crippen LogP contribution >= 0.6 is 15.9 Å². The summed E-state index contributed by atoms with van der Waals surface area (Å²) < 4.78 is 67.8. The number of fused-ring (bicyclic) bond motifs is 1. The van der Waals surface area contributed by atoms with E-state index in [9.17, 15) is 21.6 Å². The van der Waals surface area contributed by atoms with Crippen LogP contribution in [-0.2, 0) is 35.5 Å². The van der Waals surface area contributed by atoms with Crippen molar-refractivity contribution in [2.24, 2.45) is 0 Å². The largest absolute Gasteiger partial charge is 0.417 e. The third-order valence-electron chi connectivity index (χ3n) is 4.69. The summed E-state index contributed by atoms with van der Waals surface area (Å²) in [6.07, 6.45) is -2.59. The number of aliphatic hydroxyl groups excluding tert-OH is 1. The summed E-state index contributed by atoms with van der Waals surface area (Å²) in [4.78, 5) is -0.775. The highest BCUT2D eigenvalue weighted by Crippen LogP contribution is 2.36. The second-order valence-electron chi connectivity index (χ2n) is 6.79. The standard InChI is InChI=1S/C19H19BrF3NO3S/c20-15-5-6-18(17(11-15)19(21,22)23)28(26,27)24-16-9-13-4-3-12(2-1-7-25)8-14(13)10-16/h3-6,8,11,16,24-25H,1-2,7,9-10H2. The molecule has 4 nitrogen and oxygen atoms in total. The van der Waals surface area contributed by atoms with Crippen molar-refractivity contribution in [2.45, 2.75) is 42.8 Å². The summed E-state index contributed by atoms with van der Waals surface area (Å²) in [7, 11) is -4.34. The number of aliphatic hydroxyl groups is 1. The normalized spacial score (nSPS) is 17.0. The van der Waals surface area contributed by atoms with Gasteiger partial charge in [-0.15, -0.1) is 0 Å². The van der Waals surface area contributed by atoms with Crippen LogP contribution in [0.15, 0.2) is 45.8 Å². The van der Waals surface area contributed by atoms with E-state index in [1.165, 1.54) is 6.07 Å². The van der Waals surface area contributed by atoms with Crippen molar-refractivity contribution in [3.63, 3.8) is 0 Å². The Labute approximate surface area is 170 Å². The van der Waals surface area contributed by atoms with Crippen molar-refractivity contribution in [1.82, 2.24) is 4.72 Å². The molecule has 0 aliphatic heterocycles. The molecule has 1 aliphatic carbocycles. The lowest BCUT2D eigenvalue weighted by Crippen LogP contribution is -2.36. The number of benzene rings is 2. The molecular formula is C19H19BrF3NO3S. The van der Waals surface area contributed by atoms with Gasteiger partial charge in [0.15, 0.2) is 0 Å². The van der Waals surface area contributed by atoms with Crippen molar-refractivity contribution < 1.29 is 26.7 Å². The molecule has 0 bridgehead atoms. The lowest BCUT2D eigenvalue weighted by atomic mass is 10.0. The predicted octanol–water partition coefficient (Wildman–Crippen LogP) is 3.84. The fraction of sp³-hybridized carbons (Fsp3) is 0.368. The Morgan fingerprint density at radius 3 is 2.50 bits per heavy atom. The number of nitrogens with one attached hydrogen (secondary N) is 1. The minimum atomic E-state index is -4.78. The molecule has 1 unspecified atom stereocenters. The van der Waals surface area contributed by atoms with Gasteiger partial charge in [-0.05, 0) is 60.6 Å². The second-order valence-corrected chi connectivity index (χ2v) is 9.39. The third-order valence-corrected chi connectivity index (χ3v) is 6.76. The molecule has 0 heterocycles. The fourth-order valence-corrected chi connectivity index (χ4v) is 5.24. The van der Waals surface area contributed by atoms with E-state index in [1.807, 2.05) is 18.2 Å². The van der Waals surface area contributed by atoms with Crippen LogP contribution in [0, 0.1) is 0 Å². The van der Waals surface area contributed by atoms with E-state index in [4.69, 9.17) is 5.11 Å². The minimum absolute atomic E-state index is 0.0915. The zero-order chi connectivity index (χ0) is 20.5. The Kier molecular flexibility index (Phi) is 6.19. The van der Waals surface area contributed by atoms with Crippen LogP contribution in [0.1, 0.15) is 28.7 Å². The fourth-order valence-electron chi connectivity index (χ4n) is 3.43. The molecule has 0 saturated heterocycles. The lowest BCUT2D eigenvalue weighted by molar-refractivity contribution is -0.139. The molecular weight excluding hydrogens is 459 g/mol. The molecule has 2 aromatic carbocycles. The lowest BCUT2D eigenvalue weighted by Gasteiger charge is -2.17. The SMILES string of the molecule is O=S(=O)(NC1Cc2ccc(CCCO)cc2C1)c1ccc(Br)cc1C(F)(F)F. The Morgan fingerprint density at radius 2 is 1.82 bits per heavy atom. The van der Waals surface area contributed by atoms with Gasteiger partial charge in [0.2, 0.25) is 10.0 Å². The quantitative estimate of drug-likeness (QED) is 0.664. The number of rotatable bonds is 6. The molecule has 0 radical (unpaired) electrons. The molecule has 1 aliphatic rings. The minimum Gasteiger partial charge on any atom is -0.396 e. The first kappa shape index (κ1) is 21.3.